The van der Waals surface area contributed by atoms with Crippen LogP contribution in [0.25, 0.3) is 0 Å². The van der Waals surface area contributed by atoms with E-state index in [1.54, 1.807) is 40.3 Å². The number of ether oxygens (including phenoxy) is 2. The Hall–Kier alpha value is -4.16. The third kappa shape index (κ3) is 12.7. The average molecular weight is 981 g/mol. The largest absolute Gasteiger partial charge is 0.465 e. The first kappa shape index (κ1) is 51.2. The van der Waals surface area contributed by atoms with Crippen LogP contribution < -0.4 is 10.6 Å². The van der Waals surface area contributed by atoms with E-state index < -0.39 is 59.8 Å². The monoisotopic (exact) mass is 978 g/mol. The number of carbonyl (C=O) groups is 4. The van der Waals surface area contributed by atoms with E-state index in [9.17, 15) is 0 Å². The highest BCUT2D eigenvalue weighted by atomic mass is 35.5. The number of halogens is 4. The lowest BCUT2D eigenvalue weighted by Crippen LogP contribution is -2.48. The van der Waals surface area contributed by atoms with Crippen molar-refractivity contribution >= 4 is 81.5 Å². The standard InChI is InChI=1S/C52H62Cl4N4O6/c1-5-7-9-11-13-15-29-65-51(63)44-46(36-23-19-34(4)20-24-36)60-48(52(64)66-30-16-14-12-10-8-6-2)43(49(61)57-37-25-27-39(53)41(55)31-37)45(35-21-17-33(3)18-22-35)59(60)47(44)50(62)58-38-26-28-40(54)42(56)32-38/h17-28,31-32,43-48H,5-16,29-30H2,1-4H3,(H,57,61)(H,58,62)/t43-,44-,45+,46-,47+,48-/m0/s1. The molecule has 354 valence electrons. The van der Waals surface area contributed by atoms with Crippen LogP contribution in [0.4, 0.5) is 11.4 Å². The molecule has 2 N–H and O–H groups in total. The Morgan fingerprint density at radius 1 is 0.485 bits per heavy atom. The summed E-state index contributed by atoms with van der Waals surface area (Å²) in [6.07, 6.45) is 11.8. The van der Waals surface area contributed by atoms with E-state index in [4.69, 9.17) is 55.9 Å². The Bertz CT molecular complexity index is 2280. The molecule has 6 atom stereocenters. The van der Waals surface area contributed by atoms with Crippen LogP contribution in [0.1, 0.15) is 125 Å². The second kappa shape index (κ2) is 24.7. The van der Waals surface area contributed by atoms with Crippen molar-refractivity contribution in [3.8, 4) is 0 Å². The fraction of sp³-hybridized carbons (Fsp3) is 0.462. The normalized spacial score (nSPS) is 20.5. The minimum atomic E-state index is -1.32. The van der Waals surface area contributed by atoms with Gasteiger partial charge in [0.2, 0.25) is 11.8 Å². The van der Waals surface area contributed by atoms with Gasteiger partial charge in [-0.3, -0.25) is 19.2 Å². The number of nitrogens with zero attached hydrogens (tertiary/aromatic N) is 2. The maximum absolute atomic E-state index is 15.3. The maximum Gasteiger partial charge on any atom is 0.325 e. The van der Waals surface area contributed by atoms with Crippen molar-refractivity contribution in [3.63, 3.8) is 0 Å². The summed E-state index contributed by atoms with van der Waals surface area (Å²) >= 11 is 25.5. The second-order valence-corrected chi connectivity index (χ2v) is 19.1. The number of esters is 2. The van der Waals surface area contributed by atoms with E-state index >= 15 is 19.2 Å². The van der Waals surface area contributed by atoms with Crippen LogP contribution in [0.3, 0.4) is 0 Å². The van der Waals surface area contributed by atoms with E-state index in [0.29, 0.717) is 45.4 Å². The zero-order chi connectivity index (χ0) is 47.3. The van der Waals surface area contributed by atoms with Gasteiger partial charge in [-0.2, -0.15) is 0 Å². The van der Waals surface area contributed by atoms with E-state index in [1.165, 1.54) is 6.07 Å². The highest BCUT2D eigenvalue weighted by Gasteiger charge is 2.68. The fourth-order valence-corrected chi connectivity index (χ4v) is 9.73. The molecule has 0 unspecified atom stereocenters. The molecule has 4 aromatic rings. The average Bonchev–Trinajstić information content (AvgIpc) is 3.82. The molecule has 2 fully saturated rings. The molecular formula is C52H62Cl4N4O6. The maximum atomic E-state index is 15.3. The van der Waals surface area contributed by atoms with Crippen LogP contribution in [0.2, 0.25) is 20.1 Å². The summed E-state index contributed by atoms with van der Waals surface area (Å²) in [6, 6.07) is 20.2. The Labute approximate surface area is 409 Å². The number of nitrogens with one attached hydrogen (secondary N) is 2. The summed E-state index contributed by atoms with van der Waals surface area (Å²) in [4.78, 5) is 60.7. The van der Waals surface area contributed by atoms with Gasteiger partial charge in [-0.15, -0.1) is 0 Å². The number of rotatable bonds is 22. The molecule has 14 heteroatoms. The van der Waals surface area contributed by atoms with Gasteiger partial charge in [-0.25, -0.2) is 10.0 Å². The minimum absolute atomic E-state index is 0.131. The number of hydrazine groups is 1. The summed E-state index contributed by atoms with van der Waals surface area (Å²) < 4.78 is 12.3. The summed E-state index contributed by atoms with van der Waals surface area (Å²) in [5.41, 5.74) is 3.93. The zero-order valence-electron chi connectivity index (χ0n) is 38.3. The first-order chi connectivity index (χ1) is 31.8. The number of hydrogen-bond acceptors (Lipinski definition) is 8. The number of fused-ring (bicyclic) bond motifs is 1. The van der Waals surface area contributed by atoms with Gasteiger partial charge in [0.25, 0.3) is 0 Å². The number of hydrogen-bond donors (Lipinski definition) is 2. The first-order valence-electron chi connectivity index (χ1n) is 23.4. The van der Waals surface area contributed by atoms with Crippen LogP contribution in [-0.2, 0) is 28.7 Å². The predicted octanol–water partition coefficient (Wildman–Crippen LogP) is 13.3. The van der Waals surface area contributed by atoms with Crippen molar-refractivity contribution in [2.45, 2.75) is 129 Å². The van der Waals surface area contributed by atoms with Gasteiger partial charge in [-0.1, -0.05) is 184 Å². The molecule has 0 radical (unpaired) electrons. The molecule has 2 amide bonds. The van der Waals surface area contributed by atoms with Crippen molar-refractivity contribution in [1.82, 2.24) is 10.0 Å². The van der Waals surface area contributed by atoms with Gasteiger partial charge in [0, 0.05) is 11.4 Å². The van der Waals surface area contributed by atoms with Crippen molar-refractivity contribution in [2.24, 2.45) is 11.8 Å². The molecule has 0 bridgehead atoms. The van der Waals surface area contributed by atoms with E-state index in [0.717, 1.165) is 75.3 Å². The third-order valence-corrected chi connectivity index (χ3v) is 14.0. The Kier molecular flexibility index (Phi) is 19.2. The molecule has 0 spiro atoms. The predicted molar refractivity (Wildman–Crippen MR) is 265 cm³/mol. The summed E-state index contributed by atoms with van der Waals surface area (Å²) in [5.74, 6) is -4.72. The first-order valence-corrected chi connectivity index (χ1v) is 24.9. The highest BCUT2D eigenvalue weighted by Crippen LogP contribution is 2.56. The molecule has 0 saturated carbocycles. The molecule has 2 heterocycles. The van der Waals surface area contributed by atoms with E-state index in [-0.39, 0.29) is 23.3 Å². The Balaban J connectivity index is 1.52. The Morgan fingerprint density at radius 3 is 1.36 bits per heavy atom. The second-order valence-electron chi connectivity index (χ2n) is 17.5. The lowest BCUT2D eigenvalue weighted by Gasteiger charge is -2.33. The fourth-order valence-electron chi connectivity index (χ4n) is 9.14. The number of carbonyl (C=O) groups excluding carboxylic acids is 4. The van der Waals surface area contributed by atoms with Gasteiger partial charge in [0.15, 0.2) is 0 Å². The van der Waals surface area contributed by atoms with Crippen LogP contribution in [0.15, 0.2) is 84.9 Å². The van der Waals surface area contributed by atoms with E-state index in [2.05, 4.69) is 24.5 Å². The third-order valence-electron chi connectivity index (χ3n) is 12.5. The van der Waals surface area contributed by atoms with Crippen molar-refractivity contribution in [1.29, 1.82) is 0 Å². The number of amides is 2. The molecule has 4 aromatic carbocycles. The Morgan fingerprint density at radius 2 is 0.894 bits per heavy atom. The number of aryl methyl sites for hydroxylation is 2. The number of unbranched alkanes of at least 4 members (excludes halogenated alkanes) is 10. The van der Waals surface area contributed by atoms with Crippen LogP contribution in [0.5, 0.6) is 0 Å². The smallest absolute Gasteiger partial charge is 0.325 e. The zero-order valence-corrected chi connectivity index (χ0v) is 41.3. The lowest BCUT2D eigenvalue weighted by molar-refractivity contribution is -0.158. The van der Waals surface area contributed by atoms with Crippen molar-refractivity contribution < 1.29 is 28.7 Å². The SMILES string of the molecule is CCCCCCCCOC(=O)[C@@H]1[C@H](C(=O)Nc2ccc(Cl)c(Cl)c2)N2[C@H](c3ccc(C)cc3)[C@H](C(=O)Nc3ccc(Cl)c(Cl)c3)[C@@H](C(=O)OCCCCCCCC)N2[C@H]1c1ccc(C)cc1. The lowest BCUT2D eigenvalue weighted by atomic mass is 9.81. The molecule has 0 aromatic heterocycles. The van der Waals surface area contributed by atoms with Gasteiger partial charge in [0.05, 0.1) is 51.3 Å². The molecule has 2 aliphatic heterocycles. The molecular weight excluding hydrogens is 918 g/mol. The summed E-state index contributed by atoms with van der Waals surface area (Å²) in [7, 11) is 0. The quantitative estimate of drug-likeness (QED) is 0.0591. The molecule has 2 saturated heterocycles. The van der Waals surface area contributed by atoms with Gasteiger partial charge in [-0.05, 0) is 74.2 Å². The van der Waals surface area contributed by atoms with E-state index in [1.807, 2.05) is 62.4 Å². The molecule has 10 nitrogen and oxygen atoms in total. The number of anilines is 2. The van der Waals surface area contributed by atoms with Gasteiger partial charge in [0.1, 0.15) is 18.0 Å². The highest BCUT2D eigenvalue weighted by molar-refractivity contribution is 6.42. The number of benzene rings is 4. The summed E-state index contributed by atoms with van der Waals surface area (Å²) in [5, 5.41) is 10.6. The van der Waals surface area contributed by atoms with Crippen LogP contribution in [-0.4, -0.2) is 59.1 Å². The van der Waals surface area contributed by atoms with Crippen LogP contribution >= 0.6 is 46.4 Å². The molecule has 2 aliphatic rings. The van der Waals surface area contributed by atoms with Crippen molar-refractivity contribution in [3.05, 3.63) is 127 Å². The van der Waals surface area contributed by atoms with Crippen molar-refractivity contribution in [2.75, 3.05) is 23.8 Å². The topological polar surface area (TPSA) is 117 Å². The molecule has 6 rings (SSSR count). The molecule has 0 aliphatic carbocycles. The van der Waals surface area contributed by atoms with Gasteiger partial charge >= 0.3 is 11.9 Å². The minimum Gasteiger partial charge on any atom is -0.465 e. The van der Waals surface area contributed by atoms with Crippen LogP contribution in [0, 0.1) is 25.7 Å². The molecule has 66 heavy (non-hydrogen) atoms. The summed E-state index contributed by atoms with van der Waals surface area (Å²) in [6.45, 7) is 8.52. The van der Waals surface area contributed by atoms with Gasteiger partial charge < -0.3 is 20.1 Å².